The van der Waals surface area contributed by atoms with Crippen molar-refractivity contribution >= 4 is 5.95 Å². The van der Waals surface area contributed by atoms with Gasteiger partial charge in [-0.3, -0.25) is 0 Å². The summed E-state index contributed by atoms with van der Waals surface area (Å²) in [4.78, 5) is 0. The second-order valence-electron chi connectivity index (χ2n) is 3.73. The molecule has 1 aromatic heterocycles. The van der Waals surface area contributed by atoms with Crippen molar-refractivity contribution in [2.24, 2.45) is 18.9 Å². The highest BCUT2D eigenvalue weighted by atomic mass is 15.6. The van der Waals surface area contributed by atoms with Crippen LogP contribution in [0.15, 0.2) is 0 Å². The van der Waals surface area contributed by atoms with Gasteiger partial charge in [-0.15, -0.1) is 0 Å². The summed E-state index contributed by atoms with van der Waals surface area (Å²) in [6.45, 7) is 7.54. The molecule has 0 aliphatic carbocycles. The van der Waals surface area contributed by atoms with E-state index in [4.69, 9.17) is 0 Å². The molecule has 13 heavy (non-hydrogen) atoms. The lowest BCUT2D eigenvalue weighted by atomic mass is 9.98. The molecule has 1 rings (SSSR count). The van der Waals surface area contributed by atoms with Crippen LogP contribution in [0.5, 0.6) is 0 Å². The Morgan fingerprint density at radius 2 is 2.08 bits per heavy atom. The predicted molar refractivity (Wildman–Crippen MR) is 51.3 cm³/mol. The first-order valence-electron chi connectivity index (χ1n) is 4.57. The topological polar surface area (TPSA) is 55.6 Å². The summed E-state index contributed by atoms with van der Waals surface area (Å²) in [6, 6.07) is 0. The first-order chi connectivity index (χ1) is 6.11. The Morgan fingerprint density at radius 3 is 2.54 bits per heavy atom. The van der Waals surface area contributed by atoms with Crippen molar-refractivity contribution < 1.29 is 0 Å². The molecular weight excluding hydrogens is 166 g/mol. The van der Waals surface area contributed by atoms with Crippen LogP contribution in [0.3, 0.4) is 0 Å². The summed E-state index contributed by atoms with van der Waals surface area (Å²) in [5, 5.41) is 14.3. The lowest BCUT2D eigenvalue weighted by Crippen LogP contribution is -2.18. The molecule has 0 aliphatic heterocycles. The number of aromatic nitrogens is 4. The molecular formula is C8H17N5. The van der Waals surface area contributed by atoms with Gasteiger partial charge in [-0.2, -0.15) is 0 Å². The number of tetrazole rings is 1. The van der Waals surface area contributed by atoms with E-state index in [-0.39, 0.29) is 0 Å². The Morgan fingerprint density at radius 1 is 1.38 bits per heavy atom. The normalized spacial score (nSPS) is 13.3. The highest BCUT2D eigenvalue weighted by Gasteiger charge is 2.08. The number of rotatable bonds is 4. The van der Waals surface area contributed by atoms with E-state index in [2.05, 4.69) is 41.6 Å². The van der Waals surface area contributed by atoms with Crippen LogP contribution in [0.4, 0.5) is 5.95 Å². The van der Waals surface area contributed by atoms with E-state index < -0.39 is 0 Å². The smallest absolute Gasteiger partial charge is 0.242 e. The van der Waals surface area contributed by atoms with E-state index in [1.54, 1.807) is 4.68 Å². The number of aryl methyl sites for hydroxylation is 1. The fourth-order valence-electron chi connectivity index (χ4n) is 0.867. The van der Waals surface area contributed by atoms with Crippen LogP contribution in [-0.2, 0) is 7.05 Å². The molecule has 0 amide bonds. The van der Waals surface area contributed by atoms with Gasteiger partial charge in [-0.1, -0.05) is 25.9 Å². The second-order valence-corrected chi connectivity index (χ2v) is 3.73. The fourth-order valence-corrected chi connectivity index (χ4v) is 0.867. The molecule has 0 fully saturated rings. The van der Waals surface area contributed by atoms with Gasteiger partial charge in [0.1, 0.15) is 0 Å². The van der Waals surface area contributed by atoms with Crippen LogP contribution in [0.1, 0.15) is 20.8 Å². The average molecular weight is 183 g/mol. The molecule has 0 bridgehead atoms. The summed E-state index contributed by atoms with van der Waals surface area (Å²) in [5.74, 6) is 2.03. The minimum atomic E-state index is 0.622. The van der Waals surface area contributed by atoms with Gasteiger partial charge in [0.15, 0.2) is 0 Å². The van der Waals surface area contributed by atoms with Crippen LogP contribution in [0, 0.1) is 11.8 Å². The Hall–Kier alpha value is -1.13. The average Bonchev–Trinajstić information content (AvgIpc) is 2.47. The van der Waals surface area contributed by atoms with Crippen molar-refractivity contribution in [2.75, 3.05) is 11.9 Å². The molecule has 1 N–H and O–H groups in total. The molecule has 0 saturated carbocycles. The summed E-state index contributed by atoms with van der Waals surface area (Å²) in [7, 11) is 1.82. The fraction of sp³-hybridized carbons (Fsp3) is 0.875. The maximum Gasteiger partial charge on any atom is 0.242 e. The van der Waals surface area contributed by atoms with Gasteiger partial charge in [0.25, 0.3) is 0 Å². The van der Waals surface area contributed by atoms with Gasteiger partial charge in [-0.05, 0) is 22.3 Å². The molecule has 74 valence electrons. The van der Waals surface area contributed by atoms with Crippen molar-refractivity contribution in [1.82, 2.24) is 20.2 Å². The van der Waals surface area contributed by atoms with Gasteiger partial charge < -0.3 is 5.32 Å². The quantitative estimate of drug-likeness (QED) is 0.754. The summed E-state index contributed by atoms with van der Waals surface area (Å²) in [6.07, 6.45) is 0. The first-order valence-corrected chi connectivity index (χ1v) is 4.57. The third-order valence-electron chi connectivity index (χ3n) is 2.34. The first kappa shape index (κ1) is 9.95. The van der Waals surface area contributed by atoms with Gasteiger partial charge >= 0.3 is 0 Å². The number of nitrogens with zero attached hydrogens (tertiary/aromatic N) is 4. The maximum atomic E-state index is 3.84. The molecule has 5 nitrogen and oxygen atoms in total. The third-order valence-corrected chi connectivity index (χ3v) is 2.34. The van der Waals surface area contributed by atoms with Gasteiger partial charge in [0, 0.05) is 13.6 Å². The highest BCUT2D eigenvalue weighted by molar-refractivity contribution is 5.20. The number of hydrogen-bond acceptors (Lipinski definition) is 4. The Balaban J connectivity index is 2.39. The van der Waals surface area contributed by atoms with Crippen molar-refractivity contribution in [3.63, 3.8) is 0 Å². The number of hydrogen-bond donors (Lipinski definition) is 1. The van der Waals surface area contributed by atoms with E-state index in [0.29, 0.717) is 11.8 Å². The molecule has 0 aliphatic rings. The Labute approximate surface area is 78.5 Å². The van der Waals surface area contributed by atoms with Crippen molar-refractivity contribution in [2.45, 2.75) is 20.8 Å². The van der Waals surface area contributed by atoms with Crippen LogP contribution in [-0.4, -0.2) is 26.8 Å². The van der Waals surface area contributed by atoms with Crippen LogP contribution in [0.25, 0.3) is 0 Å². The molecule has 1 aromatic rings. The van der Waals surface area contributed by atoms with Crippen molar-refractivity contribution in [3.8, 4) is 0 Å². The Kier molecular flexibility index (Phi) is 3.22. The summed E-state index contributed by atoms with van der Waals surface area (Å²) in [5.41, 5.74) is 0. The van der Waals surface area contributed by atoms with Crippen molar-refractivity contribution in [3.05, 3.63) is 0 Å². The Bertz CT molecular complexity index is 255. The largest absolute Gasteiger partial charge is 0.353 e. The second kappa shape index (κ2) is 4.20. The lowest BCUT2D eigenvalue weighted by molar-refractivity contribution is 0.438. The SMILES string of the molecule is CC(C)C(C)CNc1nnnn1C. The highest BCUT2D eigenvalue weighted by Crippen LogP contribution is 2.09. The van der Waals surface area contributed by atoms with Crippen LogP contribution < -0.4 is 5.32 Å². The molecule has 1 heterocycles. The minimum Gasteiger partial charge on any atom is -0.353 e. The van der Waals surface area contributed by atoms with E-state index >= 15 is 0 Å². The zero-order chi connectivity index (χ0) is 9.84. The third kappa shape index (κ3) is 2.68. The lowest BCUT2D eigenvalue weighted by Gasteiger charge is -2.15. The summed E-state index contributed by atoms with van der Waals surface area (Å²) < 4.78 is 1.63. The number of nitrogens with one attached hydrogen (secondary N) is 1. The molecule has 1 atom stereocenters. The minimum absolute atomic E-state index is 0.622. The molecule has 5 heteroatoms. The summed E-state index contributed by atoms with van der Waals surface area (Å²) >= 11 is 0. The molecule has 0 aromatic carbocycles. The van der Waals surface area contributed by atoms with Gasteiger partial charge in [0.05, 0.1) is 0 Å². The molecule has 0 spiro atoms. The van der Waals surface area contributed by atoms with E-state index in [9.17, 15) is 0 Å². The van der Waals surface area contributed by atoms with Crippen molar-refractivity contribution in [1.29, 1.82) is 0 Å². The molecule has 0 radical (unpaired) electrons. The van der Waals surface area contributed by atoms with Crippen LogP contribution in [0.2, 0.25) is 0 Å². The predicted octanol–water partition coefficient (Wildman–Crippen LogP) is 0.914. The molecule has 0 saturated heterocycles. The van der Waals surface area contributed by atoms with Gasteiger partial charge in [-0.25, -0.2) is 4.68 Å². The van der Waals surface area contributed by atoms with E-state index in [1.807, 2.05) is 7.05 Å². The monoisotopic (exact) mass is 183 g/mol. The number of anilines is 1. The molecule has 1 unspecified atom stereocenters. The zero-order valence-electron chi connectivity index (χ0n) is 8.65. The van der Waals surface area contributed by atoms with Crippen LogP contribution >= 0.6 is 0 Å². The van der Waals surface area contributed by atoms with E-state index in [1.165, 1.54) is 0 Å². The zero-order valence-corrected chi connectivity index (χ0v) is 8.65. The maximum absolute atomic E-state index is 3.84. The standard InChI is InChI=1S/C8H17N5/c1-6(2)7(3)5-9-8-10-11-12-13(8)4/h6-7H,5H2,1-4H3,(H,9,10,12). The van der Waals surface area contributed by atoms with Gasteiger partial charge in [0.2, 0.25) is 5.95 Å². The van der Waals surface area contributed by atoms with E-state index in [0.717, 1.165) is 12.5 Å².